The maximum absolute atomic E-state index is 13.0. The van der Waals surface area contributed by atoms with Crippen LogP contribution in [-0.4, -0.2) is 18.4 Å². The number of amides is 2. The van der Waals surface area contributed by atoms with E-state index in [1.165, 1.54) is 0 Å². The normalized spacial score (nSPS) is 10.1. The SMILES string of the molecule is Cc1ccc(NC(=O)CNC(=O)c2ccc(F)c(F)c2)cc1. The molecule has 2 amide bonds. The predicted octanol–water partition coefficient (Wildman–Crippen LogP) is 2.64. The zero-order chi connectivity index (χ0) is 16.1. The zero-order valence-electron chi connectivity index (χ0n) is 11.8. The van der Waals surface area contributed by atoms with Gasteiger partial charge in [-0.15, -0.1) is 0 Å². The van der Waals surface area contributed by atoms with Gasteiger partial charge in [0.2, 0.25) is 5.91 Å². The summed E-state index contributed by atoms with van der Waals surface area (Å²) < 4.78 is 25.8. The van der Waals surface area contributed by atoms with E-state index in [9.17, 15) is 18.4 Å². The van der Waals surface area contributed by atoms with Crippen molar-refractivity contribution in [1.29, 1.82) is 0 Å². The van der Waals surface area contributed by atoms with Crippen molar-refractivity contribution in [2.75, 3.05) is 11.9 Å². The molecule has 0 aliphatic heterocycles. The number of benzene rings is 2. The van der Waals surface area contributed by atoms with Crippen molar-refractivity contribution in [3.63, 3.8) is 0 Å². The summed E-state index contributed by atoms with van der Waals surface area (Å²) in [6.07, 6.45) is 0. The van der Waals surface area contributed by atoms with Crippen LogP contribution in [0.3, 0.4) is 0 Å². The third-order valence-electron chi connectivity index (χ3n) is 2.93. The minimum atomic E-state index is -1.11. The Balaban J connectivity index is 1.88. The Kier molecular flexibility index (Phi) is 4.83. The summed E-state index contributed by atoms with van der Waals surface area (Å²) in [5, 5.41) is 4.95. The van der Waals surface area contributed by atoms with Crippen molar-refractivity contribution in [3.8, 4) is 0 Å². The highest BCUT2D eigenvalue weighted by atomic mass is 19.2. The van der Waals surface area contributed by atoms with Gasteiger partial charge in [0.25, 0.3) is 5.91 Å². The molecule has 6 heteroatoms. The number of rotatable bonds is 4. The molecule has 2 rings (SSSR count). The number of hydrogen-bond donors (Lipinski definition) is 2. The second kappa shape index (κ2) is 6.80. The number of anilines is 1. The van der Waals surface area contributed by atoms with E-state index in [1.54, 1.807) is 12.1 Å². The summed E-state index contributed by atoms with van der Waals surface area (Å²) in [4.78, 5) is 23.4. The van der Waals surface area contributed by atoms with E-state index in [4.69, 9.17) is 0 Å². The second-order valence-electron chi connectivity index (χ2n) is 4.73. The number of aryl methyl sites for hydroxylation is 1. The predicted molar refractivity (Wildman–Crippen MR) is 78.5 cm³/mol. The van der Waals surface area contributed by atoms with Gasteiger partial charge in [0.15, 0.2) is 11.6 Å². The highest BCUT2D eigenvalue weighted by molar-refractivity contribution is 5.99. The van der Waals surface area contributed by atoms with Crippen molar-refractivity contribution in [3.05, 3.63) is 65.2 Å². The molecular formula is C16H14F2N2O2. The average molecular weight is 304 g/mol. The highest BCUT2D eigenvalue weighted by Crippen LogP contribution is 2.09. The standard InChI is InChI=1S/C16H14F2N2O2/c1-10-2-5-12(6-3-10)20-15(21)9-19-16(22)11-4-7-13(17)14(18)8-11/h2-8H,9H2,1H3,(H,19,22)(H,20,21). The molecule has 0 spiro atoms. The molecule has 0 bridgehead atoms. The fraction of sp³-hybridized carbons (Fsp3) is 0.125. The number of hydrogen-bond acceptors (Lipinski definition) is 2. The first-order chi connectivity index (χ1) is 10.5. The lowest BCUT2D eigenvalue weighted by Gasteiger charge is -2.07. The Labute approximate surface area is 126 Å². The van der Waals surface area contributed by atoms with Crippen LogP contribution in [0.4, 0.5) is 14.5 Å². The molecule has 0 heterocycles. The summed E-state index contributed by atoms with van der Waals surface area (Å²) in [5.41, 5.74) is 1.62. The van der Waals surface area contributed by atoms with Gasteiger partial charge in [-0.2, -0.15) is 0 Å². The van der Waals surface area contributed by atoms with Crippen molar-refractivity contribution in [1.82, 2.24) is 5.32 Å². The maximum atomic E-state index is 13.0. The quantitative estimate of drug-likeness (QED) is 0.912. The molecule has 0 saturated heterocycles. The van der Waals surface area contributed by atoms with Crippen LogP contribution in [0.5, 0.6) is 0 Å². The molecule has 2 aromatic carbocycles. The van der Waals surface area contributed by atoms with Gasteiger partial charge in [0.1, 0.15) is 0 Å². The molecule has 2 N–H and O–H groups in total. The van der Waals surface area contributed by atoms with Gasteiger partial charge in [-0.1, -0.05) is 17.7 Å². The Morgan fingerprint density at radius 1 is 1.00 bits per heavy atom. The summed E-state index contributed by atoms with van der Waals surface area (Å²) in [5.74, 6) is -3.22. The van der Waals surface area contributed by atoms with E-state index < -0.39 is 23.4 Å². The topological polar surface area (TPSA) is 58.2 Å². The van der Waals surface area contributed by atoms with Crippen molar-refractivity contribution in [2.45, 2.75) is 6.92 Å². The smallest absolute Gasteiger partial charge is 0.251 e. The fourth-order valence-electron chi connectivity index (χ4n) is 1.74. The second-order valence-corrected chi connectivity index (χ2v) is 4.73. The van der Waals surface area contributed by atoms with Gasteiger partial charge in [-0.3, -0.25) is 9.59 Å². The maximum Gasteiger partial charge on any atom is 0.251 e. The summed E-state index contributed by atoms with van der Waals surface area (Å²) in [6.45, 7) is 1.65. The molecule has 0 aliphatic carbocycles. The Bertz CT molecular complexity index is 700. The lowest BCUT2D eigenvalue weighted by atomic mass is 10.2. The van der Waals surface area contributed by atoms with E-state index in [1.807, 2.05) is 19.1 Å². The molecular weight excluding hydrogens is 290 g/mol. The van der Waals surface area contributed by atoms with Crippen LogP contribution in [0.25, 0.3) is 0 Å². The first kappa shape index (κ1) is 15.6. The van der Waals surface area contributed by atoms with Crippen LogP contribution in [0, 0.1) is 18.6 Å². The molecule has 2 aromatic rings. The molecule has 0 aliphatic rings. The van der Waals surface area contributed by atoms with Gasteiger partial charge in [0, 0.05) is 11.3 Å². The molecule has 22 heavy (non-hydrogen) atoms. The van der Waals surface area contributed by atoms with Crippen molar-refractivity contribution < 1.29 is 18.4 Å². The van der Waals surface area contributed by atoms with Gasteiger partial charge in [-0.25, -0.2) is 8.78 Å². The minimum Gasteiger partial charge on any atom is -0.343 e. The third kappa shape index (κ3) is 4.12. The number of nitrogens with one attached hydrogen (secondary N) is 2. The van der Waals surface area contributed by atoms with Crippen LogP contribution in [0.15, 0.2) is 42.5 Å². The monoisotopic (exact) mass is 304 g/mol. The Morgan fingerprint density at radius 3 is 2.32 bits per heavy atom. The van der Waals surface area contributed by atoms with Crippen LogP contribution in [0.2, 0.25) is 0 Å². The molecule has 0 saturated carbocycles. The lowest BCUT2D eigenvalue weighted by Crippen LogP contribution is -2.32. The lowest BCUT2D eigenvalue weighted by molar-refractivity contribution is -0.115. The van der Waals surface area contributed by atoms with Gasteiger partial charge in [-0.05, 0) is 37.3 Å². The number of carbonyl (C=O) groups excluding carboxylic acids is 2. The van der Waals surface area contributed by atoms with Crippen LogP contribution in [0.1, 0.15) is 15.9 Å². The van der Waals surface area contributed by atoms with Gasteiger partial charge < -0.3 is 10.6 Å². The highest BCUT2D eigenvalue weighted by Gasteiger charge is 2.11. The first-order valence-electron chi connectivity index (χ1n) is 6.55. The molecule has 0 atom stereocenters. The van der Waals surface area contributed by atoms with Crippen molar-refractivity contribution >= 4 is 17.5 Å². The Morgan fingerprint density at radius 2 is 1.68 bits per heavy atom. The van der Waals surface area contributed by atoms with Gasteiger partial charge in [0.05, 0.1) is 6.54 Å². The van der Waals surface area contributed by atoms with E-state index in [2.05, 4.69) is 10.6 Å². The molecule has 0 aromatic heterocycles. The minimum absolute atomic E-state index is 0.0537. The van der Waals surface area contributed by atoms with E-state index >= 15 is 0 Å². The Hall–Kier alpha value is -2.76. The van der Waals surface area contributed by atoms with Crippen LogP contribution < -0.4 is 10.6 Å². The third-order valence-corrected chi connectivity index (χ3v) is 2.93. The van der Waals surface area contributed by atoms with E-state index in [0.717, 1.165) is 23.8 Å². The van der Waals surface area contributed by atoms with Gasteiger partial charge >= 0.3 is 0 Å². The average Bonchev–Trinajstić information content (AvgIpc) is 2.50. The van der Waals surface area contributed by atoms with Crippen molar-refractivity contribution in [2.24, 2.45) is 0 Å². The molecule has 0 unspecified atom stereocenters. The number of carbonyl (C=O) groups is 2. The summed E-state index contributed by atoms with van der Waals surface area (Å²) in [7, 11) is 0. The number of halogens is 2. The zero-order valence-corrected chi connectivity index (χ0v) is 11.8. The van der Waals surface area contributed by atoms with Crippen LogP contribution in [-0.2, 0) is 4.79 Å². The molecule has 0 fully saturated rings. The van der Waals surface area contributed by atoms with E-state index in [0.29, 0.717) is 5.69 Å². The summed E-state index contributed by atoms with van der Waals surface area (Å²) >= 11 is 0. The van der Waals surface area contributed by atoms with E-state index in [-0.39, 0.29) is 12.1 Å². The van der Waals surface area contributed by atoms with Crippen LogP contribution >= 0.6 is 0 Å². The molecule has 4 nitrogen and oxygen atoms in total. The first-order valence-corrected chi connectivity index (χ1v) is 6.55. The largest absolute Gasteiger partial charge is 0.343 e. The molecule has 114 valence electrons. The molecule has 0 radical (unpaired) electrons. The summed E-state index contributed by atoms with van der Waals surface area (Å²) in [6, 6.07) is 9.95. The fourth-order valence-corrected chi connectivity index (χ4v) is 1.74.